The van der Waals surface area contributed by atoms with Gasteiger partial charge in [0, 0.05) is 22.2 Å². The Balaban J connectivity index is 1.95. The Kier molecular flexibility index (Phi) is 4.29. The highest BCUT2D eigenvalue weighted by Gasteiger charge is 2.15. The predicted octanol–water partition coefficient (Wildman–Crippen LogP) is 4.22. The first-order valence-corrected chi connectivity index (χ1v) is 8.11. The highest BCUT2D eigenvalue weighted by atomic mass is 35.5. The molecule has 20 heavy (non-hydrogen) atoms. The van der Waals surface area contributed by atoms with E-state index in [1.807, 2.05) is 18.2 Å². The van der Waals surface area contributed by atoms with Crippen molar-refractivity contribution in [3.8, 4) is 0 Å². The Bertz CT molecular complexity index is 628. The van der Waals surface area contributed by atoms with E-state index < -0.39 is 0 Å². The Morgan fingerprint density at radius 3 is 2.85 bits per heavy atom. The van der Waals surface area contributed by atoms with Crippen LogP contribution in [0.5, 0.6) is 0 Å². The fourth-order valence-corrected chi connectivity index (χ4v) is 3.78. The van der Waals surface area contributed by atoms with Crippen LogP contribution in [-0.2, 0) is 19.4 Å². The number of fused-ring (bicyclic) bond motifs is 1. The van der Waals surface area contributed by atoms with Crippen LogP contribution < -0.4 is 5.73 Å². The molecule has 0 fully saturated rings. The number of benzene rings is 1. The lowest BCUT2D eigenvalue weighted by atomic mass is 9.95. The van der Waals surface area contributed by atoms with Crippen molar-refractivity contribution in [3.63, 3.8) is 0 Å². The number of hydrogen-bond donors (Lipinski definition) is 1. The number of pyridine rings is 1. The molecule has 0 unspecified atom stereocenters. The van der Waals surface area contributed by atoms with Gasteiger partial charge >= 0.3 is 0 Å². The molecule has 2 N–H and O–H groups in total. The highest BCUT2D eigenvalue weighted by molar-refractivity contribution is 7.99. The molecule has 0 spiro atoms. The maximum absolute atomic E-state index is 6.04. The van der Waals surface area contributed by atoms with Gasteiger partial charge in [-0.3, -0.25) is 0 Å². The normalized spacial score (nSPS) is 14.1. The number of aromatic nitrogens is 1. The fourth-order valence-electron chi connectivity index (χ4n) is 2.54. The summed E-state index contributed by atoms with van der Waals surface area (Å²) in [5.74, 6) is 0. The van der Waals surface area contributed by atoms with Crippen LogP contribution in [0, 0.1) is 0 Å². The van der Waals surface area contributed by atoms with Gasteiger partial charge in [-0.05, 0) is 55.0 Å². The van der Waals surface area contributed by atoms with Gasteiger partial charge in [-0.25, -0.2) is 4.98 Å². The molecule has 1 aromatic heterocycles. The van der Waals surface area contributed by atoms with Crippen molar-refractivity contribution < 1.29 is 0 Å². The van der Waals surface area contributed by atoms with Gasteiger partial charge in [0.25, 0.3) is 0 Å². The van der Waals surface area contributed by atoms with E-state index in [0.29, 0.717) is 6.54 Å². The molecule has 2 nitrogen and oxygen atoms in total. The second-order valence-electron chi connectivity index (χ2n) is 5.03. The number of aryl methyl sites for hydroxylation is 2. The average Bonchev–Trinajstić information content (AvgIpc) is 2.46. The first kappa shape index (κ1) is 13.9. The minimum Gasteiger partial charge on any atom is -0.326 e. The van der Waals surface area contributed by atoms with Crippen molar-refractivity contribution in [1.82, 2.24) is 4.98 Å². The molecule has 4 heteroatoms. The van der Waals surface area contributed by atoms with Crippen LogP contribution >= 0.6 is 23.4 Å². The van der Waals surface area contributed by atoms with Crippen LogP contribution in [0.15, 0.2) is 40.3 Å². The van der Waals surface area contributed by atoms with Crippen molar-refractivity contribution in [2.24, 2.45) is 5.73 Å². The summed E-state index contributed by atoms with van der Waals surface area (Å²) in [6.07, 6.45) is 4.73. The molecular formula is C16H17ClN2S. The standard InChI is InChI=1S/C16H17ClN2S/c17-13-5-3-6-14(9-13)20-16-12(10-18)8-11-4-1-2-7-15(11)19-16/h3,5-6,8-9H,1-2,4,7,10,18H2. The summed E-state index contributed by atoms with van der Waals surface area (Å²) in [6.45, 7) is 0.531. The molecule has 0 saturated heterocycles. The summed E-state index contributed by atoms with van der Waals surface area (Å²) < 4.78 is 0. The van der Waals surface area contributed by atoms with Crippen LogP contribution in [-0.4, -0.2) is 4.98 Å². The number of rotatable bonds is 3. The Labute approximate surface area is 128 Å². The Hall–Kier alpha value is -1.03. The van der Waals surface area contributed by atoms with Gasteiger partial charge in [0.2, 0.25) is 0 Å². The molecule has 1 aromatic carbocycles. The molecule has 1 aliphatic rings. The Morgan fingerprint density at radius 2 is 2.05 bits per heavy atom. The van der Waals surface area contributed by atoms with E-state index in [9.17, 15) is 0 Å². The smallest absolute Gasteiger partial charge is 0.106 e. The molecule has 1 aliphatic carbocycles. The molecule has 0 radical (unpaired) electrons. The van der Waals surface area contributed by atoms with E-state index in [2.05, 4.69) is 12.1 Å². The molecule has 0 saturated carbocycles. The van der Waals surface area contributed by atoms with Gasteiger partial charge < -0.3 is 5.73 Å². The first-order valence-electron chi connectivity index (χ1n) is 6.91. The maximum atomic E-state index is 6.04. The van der Waals surface area contributed by atoms with Crippen LogP contribution in [0.1, 0.15) is 29.7 Å². The average molecular weight is 305 g/mol. The van der Waals surface area contributed by atoms with Crippen molar-refractivity contribution in [2.75, 3.05) is 0 Å². The van der Waals surface area contributed by atoms with E-state index in [4.69, 9.17) is 22.3 Å². The molecular weight excluding hydrogens is 288 g/mol. The zero-order valence-electron chi connectivity index (χ0n) is 11.2. The predicted molar refractivity (Wildman–Crippen MR) is 84.3 cm³/mol. The summed E-state index contributed by atoms with van der Waals surface area (Å²) in [4.78, 5) is 5.96. The van der Waals surface area contributed by atoms with Crippen LogP contribution in [0.4, 0.5) is 0 Å². The fraction of sp³-hybridized carbons (Fsp3) is 0.312. The minimum atomic E-state index is 0.531. The van der Waals surface area contributed by atoms with Gasteiger partial charge in [0.05, 0.1) is 0 Å². The van der Waals surface area contributed by atoms with Crippen molar-refractivity contribution in [2.45, 2.75) is 42.1 Å². The van der Waals surface area contributed by atoms with Crippen molar-refractivity contribution in [3.05, 3.63) is 52.2 Å². The summed E-state index contributed by atoms with van der Waals surface area (Å²) >= 11 is 7.69. The van der Waals surface area contributed by atoms with Crippen LogP contribution in [0.2, 0.25) is 5.02 Å². The van der Waals surface area contributed by atoms with Crippen molar-refractivity contribution in [1.29, 1.82) is 0 Å². The van der Waals surface area contributed by atoms with Gasteiger partial charge in [0.15, 0.2) is 0 Å². The third kappa shape index (κ3) is 3.00. The van der Waals surface area contributed by atoms with E-state index in [1.54, 1.807) is 11.8 Å². The monoisotopic (exact) mass is 304 g/mol. The first-order chi connectivity index (χ1) is 9.76. The van der Waals surface area contributed by atoms with Crippen molar-refractivity contribution >= 4 is 23.4 Å². The van der Waals surface area contributed by atoms with E-state index in [1.165, 1.54) is 24.1 Å². The molecule has 104 valence electrons. The van der Waals surface area contributed by atoms with Gasteiger partial charge in [-0.15, -0.1) is 0 Å². The summed E-state index contributed by atoms with van der Waals surface area (Å²) in [7, 11) is 0. The highest BCUT2D eigenvalue weighted by Crippen LogP contribution is 2.33. The van der Waals surface area contributed by atoms with Crippen LogP contribution in [0.25, 0.3) is 0 Å². The van der Waals surface area contributed by atoms with Gasteiger partial charge in [0.1, 0.15) is 5.03 Å². The second kappa shape index (κ2) is 6.17. The molecule has 0 amide bonds. The number of halogens is 1. The maximum Gasteiger partial charge on any atom is 0.106 e. The minimum absolute atomic E-state index is 0.531. The van der Waals surface area contributed by atoms with Crippen LogP contribution in [0.3, 0.4) is 0 Å². The summed E-state index contributed by atoms with van der Waals surface area (Å²) in [6, 6.07) is 10.1. The summed E-state index contributed by atoms with van der Waals surface area (Å²) in [5, 5.41) is 1.78. The quantitative estimate of drug-likeness (QED) is 0.922. The number of hydrogen-bond acceptors (Lipinski definition) is 3. The third-order valence-electron chi connectivity index (χ3n) is 3.57. The lowest BCUT2D eigenvalue weighted by Gasteiger charge is -2.18. The van der Waals surface area contributed by atoms with Gasteiger partial charge in [-0.2, -0.15) is 0 Å². The van der Waals surface area contributed by atoms with Gasteiger partial charge in [-0.1, -0.05) is 35.5 Å². The second-order valence-corrected chi connectivity index (χ2v) is 6.53. The zero-order valence-corrected chi connectivity index (χ0v) is 12.8. The molecule has 0 atom stereocenters. The molecule has 3 rings (SSSR count). The molecule has 0 aliphatic heterocycles. The number of nitrogens with zero attached hydrogens (tertiary/aromatic N) is 1. The Morgan fingerprint density at radius 1 is 1.20 bits per heavy atom. The van der Waals surface area contributed by atoms with E-state index in [0.717, 1.165) is 33.3 Å². The lowest BCUT2D eigenvalue weighted by molar-refractivity contribution is 0.656. The third-order valence-corrected chi connectivity index (χ3v) is 4.84. The zero-order chi connectivity index (χ0) is 13.9. The largest absolute Gasteiger partial charge is 0.326 e. The van der Waals surface area contributed by atoms with E-state index >= 15 is 0 Å². The number of nitrogens with two attached hydrogens (primary N) is 1. The molecule has 2 aromatic rings. The SMILES string of the molecule is NCc1cc2c(nc1Sc1cccc(Cl)c1)CCCC2. The molecule has 0 bridgehead atoms. The lowest BCUT2D eigenvalue weighted by Crippen LogP contribution is -2.10. The van der Waals surface area contributed by atoms with E-state index in [-0.39, 0.29) is 0 Å². The topological polar surface area (TPSA) is 38.9 Å². The summed E-state index contributed by atoms with van der Waals surface area (Å²) in [5.41, 5.74) is 9.65. The molecule has 1 heterocycles.